The summed E-state index contributed by atoms with van der Waals surface area (Å²) in [4.78, 5) is 19.8. The minimum Gasteiger partial charge on any atom is -0.477 e. The first-order valence-electron chi connectivity index (χ1n) is 5.04. The van der Waals surface area contributed by atoms with Crippen molar-refractivity contribution in [2.24, 2.45) is 0 Å². The van der Waals surface area contributed by atoms with Crippen molar-refractivity contribution in [1.29, 1.82) is 0 Å². The van der Waals surface area contributed by atoms with Gasteiger partial charge in [-0.2, -0.15) is 0 Å². The third-order valence-corrected chi connectivity index (χ3v) is 2.06. The maximum atomic E-state index is 9.96. The number of carbonyl (C=O) groups is 2. The van der Waals surface area contributed by atoms with E-state index in [1.54, 1.807) is 0 Å². The molecule has 0 heterocycles. The van der Waals surface area contributed by atoms with Crippen LogP contribution in [0.5, 0.6) is 0 Å². The Bertz CT molecular complexity index is 308. The zero-order valence-corrected chi connectivity index (χ0v) is 10.3. The lowest BCUT2D eigenvalue weighted by Gasteiger charge is -2.20. The third-order valence-electron chi connectivity index (χ3n) is 2.06. The summed E-state index contributed by atoms with van der Waals surface area (Å²) in [5.41, 5.74) is 0. The Kier molecular flexibility index (Phi) is 7.72. The standard InChI is InChI=1S/C5H10O5.C4H8O5/c1-2-3(6)5(9,10)4(7)8;1-2(5)4(8,9)3(6)7/h3,6,9-10H,2H2,1H3,(H,7,8);2,5,8-9H,1H3,(H,6,7). The van der Waals surface area contributed by atoms with E-state index in [4.69, 9.17) is 40.9 Å². The number of hydrogen-bond acceptors (Lipinski definition) is 8. The van der Waals surface area contributed by atoms with Gasteiger partial charge in [-0.1, -0.05) is 6.92 Å². The first-order chi connectivity index (χ1) is 8.31. The van der Waals surface area contributed by atoms with Crippen LogP contribution in [-0.4, -0.2) is 76.6 Å². The Labute approximate surface area is 107 Å². The molecule has 0 aromatic rings. The maximum Gasteiger partial charge on any atom is 0.366 e. The van der Waals surface area contributed by atoms with Gasteiger partial charge in [0.1, 0.15) is 12.2 Å². The molecule has 0 amide bonds. The van der Waals surface area contributed by atoms with Crippen LogP contribution in [0.1, 0.15) is 20.3 Å². The summed E-state index contributed by atoms with van der Waals surface area (Å²) in [5, 5.41) is 67.0. The van der Waals surface area contributed by atoms with Gasteiger partial charge in [-0.3, -0.25) is 0 Å². The number of aliphatic hydroxyl groups is 6. The van der Waals surface area contributed by atoms with Crippen LogP contribution in [0.2, 0.25) is 0 Å². The Hall–Kier alpha value is -1.30. The van der Waals surface area contributed by atoms with Crippen molar-refractivity contribution in [1.82, 2.24) is 0 Å². The summed E-state index contributed by atoms with van der Waals surface area (Å²) >= 11 is 0. The molecule has 19 heavy (non-hydrogen) atoms. The molecule has 2 unspecified atom stereocenters. The summed E-state index contributed by atoms with van der Waals surface area (Å²) in [6.07, 6.45) is -3.38. The van der Waals surface area contributed by atoms with Gasteiger partial charge in [0, 0.05) is 0 Å². The fraction of sp³-hybridized carbons (Fsp3) is 0.778. The normalized spacial score (nSPS) is 14.9. The molecular weight excluding hydrogens is 268 g/mol. The number of rotatable bonds is 5. The molecule has 0 aromatic carbocycles. The number of aliphatic carboxylic acids is 2. The molecule has 0 radical (unpaired) electrons. The molecule has 0 aliphatic carbocycles. The molecule has 0 fully saturated rings. The Morgan fingerprint density at radius 2 is 1.26 bits per heavy atom. The van der Waals surface area contributed by atoms with Crippen molar-refractivity contribution in [2.75, 3.05) is 0 Å². The fourth-order valence-electron chi connectivity index (χ4n) is 0.606. The van der Waals surface area contributed by atoms with E-state index in [1.165, 1.54) is 6.92 Å². The lowest BCUT2D eigenvalue weighted by Crippen LogP contribution is -2.49. The second kappa shape index (κ2) is 7.33. The molecule has 2 atom stereocenters. The van der Waals surface area contributed by atoms with E-state index >= 15 is 0 Å². The van der Waals surface area contributed by atoms with Gasteiger partial charge in [0.05, 0.1) is 0 Å². The first kappa shape index (κ1) is 20.0. The van der Waals surface area contributed by atoms with Crippen LogP contribution in [0.4, 0.5) is 0 Å². The molecule has 0 rings (SSSR count). The molecule has 10 heteroatoms. The van der Waals surface area contributed by atoms with Gasteiger partial charge in [-0.15, -0.1) is 0 Å². The molecular formula is C9H18O10. The molecule has 0 aliphatic heterocycles. The molecule has 8 N–H and O–H groups in total. The SMILES string of the molecule is CC(O)C(O)(O)C(=O)O.CCC(O)C(O)(O)C(=O)O. The second-order valence-electron chi connectivity index (χ2n) is 3.66. The van der Waals surface area contributed by atoms with Gasteiger partial charge in [0.15, 0.2) is 0 Å². The van der Waals surface area contributed by atoms with Gasteiger partial charge in [0.2, 0.25) is 0 Å². The van der Waals surface area contributed by atoms with Crippen LogP contribution in [0.25, 0.3) is 0 Å². The van der Waals surface area contributed by atoms with Crippen molar-refractivity contribution < 1.29 is 50.4 Å². The lowest BCUT2D eigenvalue weighted by atomic mass is 10.1. The van der Waals surface area contributed by atoms with Crippen LogP contribution < -0.4 is 0 Å². The monoisotopic (exact) mass is 286 g/mol. The summed E-state index contributed by atoms with van der Waals surface area (Å²) in [6.45, 7) is 2.41. The van der Waals surface area contributed by atoms with E-state index in [0.29, 0.717) is 0 Å². The van der Waals surface area contributed by atoms with Crippen LogP contribution in [0.15, 0.2) is 0 Å². The zero-order chi connectivity index (χ0) is 16.0. The minimum atomic E-state index is -3.03. The lowest BCUT2D eigenvalue weighted by molar-refractivity contribution is -0.236. The average molecular weight is 286 g/mol. The van der Waals surface area contributed by atoms with E-state index in [0.717, 1.165) is 6.92 Å². The van der Waals surface area contributed by atoms with Crippen molar-refractivity contribution >= 4 is 11.9 Å². The highest BCUT2D eigenvalue weighted by atomic mass is 16.6. The van der Waals surface area contributed by atoms with Gasteiger partial charge < -0.3 is 40.9 Å². The number of carboxylic acid groups (broad SMARTS) is 2. The van der Waals surface area contributed by atoms with Crippen molar-refractivity contribution in [3.63, 3.8) is 0 Å². The Balaban J connectivity index is 0. The van der Waals surface area contributed by atoms with Gasteiger partial charge in [-0.05, 0) is 13.3 Å². The van der Waals surface area contributed by atoms with E-state index in [1.807, 2.05) is 0 Å². The molecule has 0 spiro atoms. The summed E-state index contributed by atoms with van der Waals surface area (Å²) < 4.78 is 0. The smallest absolute Gasteiger partial charge is 0.366 e. The van der Waals surface area contributed by atoms with Crippen LogP contribution in [-0.2, 0) is 9.59 Å². The van der Waals surface area contributed by atoms with Crippen LogP contribution in [0.3, 0.4) is 0 Å². The van der Waals surface area contributed by atoms with Crippen LogP contribution in [0, 0.1) is 0 Å². The predicted molar refractivity (Wildman–Crippen MR) is 57.6 cm³/mol. The number of aliphatic hydroxyl groups excluding tert-OH is 2. The van der Waals surface area contributed by atoms with E-state index in [2.05, 4.69) is 0 Å². The van der Waals surface area contributed by atoms with Gasteiger partial charge in [-0.25, -0.2) is 9.59 Å². The molecule has 0 aliphatic rings. The minimum absolute atomic E-state index is 0.0285. The Morgan fingerprint density at radius 3 is 1.32 bits per heavy atom. The Morgan fingerprint density at radius 1 is 0.947 bits per heavy atom. The van der Waals surface area contributed by atoms with Crippen molar-refractivity contribution in [3.05, 3.63) is 0 Å². The summed E-state index contributed by atoms with van der Waals surface area (Å²) in [5.74, 6) is -9.76. The highest BCUT2D eigenvalue weighted by Gasteiger charge is 2.40. The fourth-order valence-corrected chi connectivity index (χ4v) is 0.606. The number of carboxylic acids is 2. The molecule has 0 aromatic heterocycles. The maximum absolute atomic E-state index is 9.96. The molecule has 0 saturated heterocycles. The van der Waals surface area contributed by atoms with Gasteiger partial charge >= 0.3 is 11.9 Å². The molecule has 0 saturated carbocycles. The second-order valence-corrected chi connectivity index (χ2v) is 3.66. The summed E-state index contributed by atoms with van der Waals surface area (Å²) in [6, 6.07) is 0. The molecule has 0 bridgehead atoms. The molecule has 10 nitrogen and oxygen atoms in total. The number of hydrogen-bond donors (Lipinski definition) is 8. The largest absolute Gasteiger partial charge is 0.477 e. The van der Waals surface area contributed by atoms with E-state index < -0.39 is 35.7 Å². The summed E-state index contributed by atoms with van der Waals surface area (Å²) in [7, 11) is 0. The van der Waals surface area contributed by atoms with Gasteiger partial charge in [0.25, 0.3) is 11.6 Å². The third kappa shape index (κ3) is 5.92. The average Bonchev–Trinajstić information content (AvgIpc) is 2.27. The highest BCUT2D eigenvalue weighted by molar-refractivity contribution is 5.75. The first-order valence-corrected chi connectivity index (χ1v) is 5.04. The van der Waals surface area contributed by atoms with E-state index in [-0.39, 0.29) is 6.42 Å². The molecule has 114 valence electrons. The zero-order valence-electron chi connectivity index (χ0n) is 10.3. The van der Waals surface area contributed by atoms with Crippen LogP contribution >= 0.6 is 0 Å². The van der Waals surface area contributed by atoms with E-state index in [9.17, 15) is 9.59 Å². The van der Waals surface area contributed by atoms with Crippen molar-refractivity contribution in [2.45, 2.75) is 44.1 Å². The highest BCUT2D eigenvalue weighted by Crippen LogP contribution is 2.09. The van der Waals surface area contributed by atoms with Crippen molar-refractivity contribution in [3.8, 4) is 0 Å². The topological polar surface area (TPSA) is 196 Å². The predicted octanol–water partition coefficient (Wildman–Crippen LogP) is -3.34. The quantitative estimate of drug-likeness (QED) is 0.236.